The largest absolute Gasteiger partial charge is 0.380 e. The second-order valence-corrected chi connectivity index (χ2v) is 10.3. The predicted molar refractivity (Wildman–Crippen MR) is 138 cm³/mol. The van der Waals surface area contributed by atoms with Crippen molar-refractivity contribution < 1.29 is 4.52 Å². The standard InChI is InChI=1S/C25H19ClN10O2/c26-12-2-4-19(35-10-29-33-34-35)16(6-12)17-8-21(37)36-22(14-7-15(14)25(36)31-17)24-28-9-18(30-24)11-1-3-13-20(5-11)38-32-23(13)27/h1,3,5-6,8-10,14-15,22H,2,4,7H2,(H2,27,32)(H,28,30). The van der Waals surface area contributed by atoms with Crippen molar-refractivity contribution in [1.29, 1.82) is 0 Å². The summed E-state index contributed by atoms with van der Waals surface area (Å²) in [5, 5.41) is 16.8. The molecule has 3 N–H and O–H groups in total. The van der Waals surface area contributed by atoms with Crippen LogP contribution in [0.15, 0.2) is 57.2 Å². The molecule has 1 aromatic carbocycles. The molecular weight excluding hydrogens is 508 g/mol. The van der Waals surface area contributed by atoms with Crippen molar-refractivity contribution in [1.82, 2.24) is 44.9 Å². The summed E-state index contributed by atoms with van der Waals surface area (Å²) in [6.07, 6.45) is 7.45. The Bertz CT molecular complexity index is 1880. The van der Waals surface area contributed by atoms with Gasteiger partial charge in [-0.05, 0) is 53.8 Å². The molecule has 0 amide bonds. The molecule has 0 bridgehead atoms. The SMILES string of the molecule is Nc1noc2cc(-c3cnc(C4C5CC5c5nc(C6=C(n7cnnn7)CCC(Cl)=C6)cc(=O)n54)[nH]3)ccc12. The maximum Gasteiger partial charge on any atom is 0.254 e. The lowest BCUT2D eigenvalue weighted by molar-refractivity contribution is 0.460. The molecule has 0 radical (unpaired) electrons. The lowest BCUT2D eigenvalue weighted by atomic mass is 10.00. The van der Waals surface area contributed by atoms with E-state index in [1.807, 2.05) is 24.3 Å². The normalized spacial score (nSPS) is 22.0. The molecule has 2 aliphatic carbocycles. The van der Waals surface area contributed by atoms with E-state index in [-0.39, 0.29) is 23.4 Å². The highest BCUT2D eigenvalue weighted by Gasteiger charge is 2.55. The summed E-state index contributed by atoms with van der Waals surface area (Å²) in [4.78, 5) is 26.6. The van der Waals surface area contributed by atoms with Gasteiger partial charge in [-0.25, -0.2) is 14.6 Å². The molecule has 8 rings (SSSR count). The maximum absolute atomic E-state index is 13.6. The Hall–Kier alpha value is -4.58. The quantitative estimate of drug-likeness (QED) is 0.358. The molecule has 3 atom stereocenters. The number of rotatable bonds is 4. The zero-order valence-electron chi connectivity index (χ0n) is 19.7. The van der Waals surface area contributed by atoms with Gasteiger partial charge in [0.15, 0.2) is 11.4 Å². The maximum atomic E-state index is 13.6. The average molecular weight is 527 g/mol. The van der Waals surface area contributed by atoms with E-state index in [2.05, 4.69) is 30.7 Å². The Balaban J connectivity index is 1.19. The van der Waals surface area contributed by atoms with E-state index in [1.54, 1.807) is 27.8 Å². The molecular formula is C25H19ClN10O2. The third kappa shape index (κ3) is 3.13. The zero-order chi connectivity index (χ0) is 25.5. The Morgan fingerprint density at radius 3 is 3.00 bits per heavy atom. The van der Waals surface area contributed by atoms with Crippen molar-refractivity contribution in [3.8, 4) is 11.3 Å². The van der Waals surface area contributed by atoms with Crippen LogP contribution in [-0.4, -0.2) is 44.9 Å². The van der Waals surface area contributed by atoms with Gasteiger partial charge in [-0.1, -0.05) is 22.8 Å². The number of imidazole rings is 1. The fraction of sp³-hybridized carbons (Fsp3) is 0.240. The van der Waals surface area contributed by atoms with Crippen LogP contribution in [0.25, 0.3) is 33.5 Å². The van der Waals surface area contributed by atoms with Crippen LogP contribution in [0, 0.1) is 5.92 Å². The molecule has 3 unspecified atom stereocenters. The molecule has 1 aliphatic heterocycles. The number of nitrogen functional groups attached to an aromatic ring is 1. The van der Waals surface area contributed by atoms with Crippen LogP contribution in [0.1, 0.15) is 48.6 Å². The molecule has 5 aromatic rings. The number of hydrogen-bond donors (Lipinski definition) is 2. The van der Waals surface area contributed by atoms with Crippen LogP contribution >= 0.6 is 11.6 Å². The molecule has 3 aliphatic rings. The molecule has 4 aromatic heterocycles. The number of allylic oxidation sites excluding steroid dienone is 4. The molecule has 1 fully saturated rings. The molecule has 13 heteroatoms. The number of fused-ring (bicyclic) bond motifs is 4. The number of hydrogen-bond acceptors (Lipinski definition) is 9. The fourth-order valence-corrected chi connectivity index (χ4v) is 5.96. The second kappa shape index (κ2) is 7.71. The summed E-state index contributed by atoms with van der Waals surface area (Å²) in [6.45, 7) is 0. The van der Waals surface area contributed by atoms with Crippen molar-refractivity contribution in [3.63, 3.8) is 0 Å². The van der Waals surface area contributed by atoms with E-state index in [9.17, 15) is 4.79 Å². The highest BCUT2D eigenvalue weighted by molar-refractivity contribution is 6.30. The van der Waals surface area contributed by atoms with Crippen molar-refractivity contribution in [2.75, 3.05) is 5.73 Å². The van der Waals surface area contributed by atoms with E-state index in [0.717, 1.165) is 46.0 Å². The molecule has 0 saturated heterocycles. The summed E-state index contributed by atoms with van der Waals surface area (Å²) >= 11 is 6.40. The Labute approximate surface area is 218 Å². The first-order chi connectivity index (χ1) is 18.5. The zero-order valence-corrected chi connectivity index (χ0v) is 20.5. The van der Waals surface area contributed by atoms with Gasteiger partial charge in [0.2, 0.25) is 0 Å². The summed E-state index contributed by atoms with van der Waals surface area (Å²) in [5.41, 5.74) is 10.2. The van der Waals surface area contributed by atoms with Crippen LogP contribution in [0.2, 0.25) is 0 Å². The van der Waals surface area contributed by atoms with E-state index < -0.39 is 0 Å². The van der Waals surface area contributed by atoms with E-state index in [1.165, 1.54) is 0 Å². The van der Waals surface area contributed by atoms with Gasteiger partial charge >= 0.3 is 0 Å². The monoisotopic (exact) mass is 526 g/mol. The molecule has 5 heterocycles. The van der Waals surface area contributed by atoms with E-state index in [4.69, 9.17) is 26.8 Å². The lowest BCUT2D eigenvalue weighted by Crippen LogP contribution is -2.28. The third-order valence-corrected chi connectivity index (χ3v) is 7.93. The number of anilines is 1. The summed E-state index contributed by atoms with van der Waals surface area (Å²) < 4.78 is 8.70. The number of nitrogens with one attached hydrogen (secondary N) is 1. The van der Waals surface area contributed by atoms with Crippen molar-refractivity contribution in [2.45, 2.75) is 31.2 Å². The van der Waals surface area contributed by atoms with Crippen molar-refractivity contribution in [2.24, 2.45) is 5.92 Å². The van der Waals surface area contributed by atoms with Gasteiger partial charge in [0.1, 0.15) is 18.0 Å². The first kappa shape index (κ1) is 21.5. The number of H-pyrrole nitrogens is 1. The Kier molecular flexibility index (Phi) is 4.36. The number of nitrogens with two attached hydrogens (primary N) is 1. The first-order valence-corrected chi connectivity index (χ1v) is 12.6. The number of aromatic amines is 1. The second-order valence-electron chi connectivity index (χ2n) is 9.83. The summed E-state index contributed by atoms with van der Waals surface area (Å²) in [6, 6.07) is 7.05. The smallest absolute Gasteiger partial charge is 0.254 e. The predicted octanol–water partition coefficient (Wildman–Crippen LogP) is 3.33. The van der Waals surface area contributed by atoms with Crippen LogP contribution in [0.3, 0.4) is 0 Å². The molecule has 12 nitrogen and oxygen atoms in total. The summed E-state index contributed by atoms with van der Waals surface area (Å²) in [5.74, 6) is 2.33. The third-order valence-electron chi connectivity index (χ3n) is 7.64. The summed E-state index contributed by atoms with van der Waals surface area (Å²) in [7, 11) is 0. The molecule has 38 heavy (non-hydrogen) atoms. The van der Waals surface area contributed by atoms with Gasteiger partial charge < -0.3 is 15.2 Å². The molecule has 1 saturated carbocycles. The number of tetrazole rings is 1. The van der Waals surface area contributed by atoms with Gasteiger partial charge in [-0.2, -0.15) is 0 Å². The number of nitrogens with zero attached hydrogens (tertiary/aromatic N) is 8. The van der Waals surface area contributed by atoms with Gasteiger partial charge in [0, 0.05) is 28.2 Å². The van der Waals surface area contributed by atoms with Crippen LogP contribution < -0.4 is 11.3 Å². The van der Waals surface area contributed by atoms with Crippen LogP contribution in [-0.2, 0) is 0 Å². The van der Waals surface area contributed by atoms with Crippen LogP contribution in [0.4, 0.5) is 5.82 Å². The molecule has 188 valence electrons. The van der Waals surface area contributed by atoms with Gasteiger partial charge in [-0.15, -0.1) is 5.10 Å². The minimum absolute atomic E-state index is 0.127. The van der Waals surface area contributed by atoms with E-state index >= 15 is 0 Å². The number of aromatic nitrogens is 9. The number of halogens is 1. The highest BCUT2D eigenvalue weighted by atomic mass is 35.5. The Morgan fingerprint density at radius 2 is 2.13 bits per heavy atom. The van der Waals surface area contributed by atoms with Gasteiger partial charge in [0.05, 0.1) is 34.7 Å². The Morgan fingerprint density at radius 1 is 1.21 bits per heavy atom. The number of benzene rings is 1. The fourth-order valence-electron chi connectivity index (χ4n) is 5.75. The average Bonchev–Trinajstić information content (AvgIpc) is 3.35. The van der Waals surface area contributed by atoms with Gasteiger partial charge in [0.25, 0.3) is 5.56 Å². The van der Waals surface area contributed by atoms with Crippen LogP contribution in [0.5, 0.6) is 0 Å². The van der Waals surface area contributed by atoms with Gasteiger partial charge in [-0.3, -0.25) is 9.36 Å². The van der Waals surface area contributed by atoms with Crippen molar-refractivity contribution >= 4 is 39.7 Å². The minimum atomic E-state index is -0.207. The highest BCUT2D eigenvalue weighted by Crippen LogP contribution is 2.59. The topological polar surface area (TPSA) is 159 Å². The lowest BCUT2D eigenvalue weighted by Gasteiger charge is -2.19. The minimum Gasteiger partial charge on any atom is -0.380 e. The van der Waals surface area contributed by atoms with Crippen molar-refractivity contribution in [3.05, 3.63) is 75.6 Å². The first-order valence-electron chi connectivity index (χ1n) is 12.2. The van der Waals surface area contributed by atoms with E-state index in [0.29, 0.717) is 35.0 Å². The molecule has 0 spiro atoms.